The largest absolute Gasteiger partial charge is 0.339 e. The van der Waals surface area contributed by atoms with E-state index in [0.29, 0.717) is 17.9 Å². The Hall–Kier alpha value is -0.900. The molecule has 2 fully saturated rings. The Labute approximate surface area is 89.4 Å². The van der Waals surface area contributed by atoms with Crippen LogP contribution < -0.4 is 5.32 Å². The van der Waals surface area contributed by atoms with Gasteiger partial charge in [-0.2, -0.15) is 4.98 Å². The molecule has 0 aliphatic heterocycles. The van der Waals surface area contributed by atoms with E-state index >= 15 is 0 Å². The summed E-state index contributed by atoms with van der Waals surface area (Å²) < 4.78 is 5.38. The van der Waals surface area contributed by atoms with Gasteiger partial charge in [-0.1, -0.05) is 11.6 Å². The summed E-state index contributed by atoms with van der Waals surface area (Å²) in [5.41, 5.74) is 0. The van der Waals surface area contributed by atoms with Gasteiger partial charge >= 0.3 is 0 Å². The molecule has 0 amide bonds. The van der Waals surface area contributed by atoms with Crippen molar-refractivity contribution in [3.05, 3.63) is 11.7 Å². The van der Waals surface area contributed by atoms with Gasteiger partial charge in [-0.15, -0.1) is 0 Å². The summed E-state index contributed by atoms with van der Waals surface area (Å²) in [7, 11) is 2.02. The molecule has 3 rings (SSSR count). The minimum Gasteiger partial charge on any atom is -0.339 e. The third-order valence-electron chi connectivity index (χ3n) is 3.60. The SMILES string of the molecule is CN[C@@H]1CCC[C@@H]1c1nc(C2CC2)no1. The fraction of sp³-hybridized carbons (Fsp3) is 0.818. The van der Waals surface area contributed by atoms with Gasteiger partial charge in [-0.3, -0.25) is 0 Å². The van der Waals surface area contributed by atoms with Crippen molar-refractivity contribution >= 4 is 0 Å². The number of likely N-dealkylation sites (N-methyl/N-ethyl adjacent to an activating group) is 1. The van der Waals surface area contributed by atoms with Crippen LogP contribution in [0.4, 0.5) is 0 Å². The Kier molecular flexibility index (Phi) is 2.24. The van der Waals surface area contributed by atoms with E-state index in [-0.39, 0.29) is 0 Å². The lowest BCUT2D eigenvalue weighted by Gasteiger charge is -2.14. The molecule has 4 heteroatoms. The molecule has 82 valence electrons. The average molecular weight is 207 g/mol. The maximum Gasteiger partial charge on any atom is 0.231 e. The quantitative estimate of drug-likeness (QED) is 0.821. The second-order valence-corrected chi connectivity index (χ2v) is 4.70. The number of hydrogen-bond acceptors (Lipinski definition) is 4. The van der Waals surface area contributed by atoms with Gasteiger partial charge in [0.15, 0.2) is 5.82 Å². The van der Waals surface area contributed by atoms with Crippen molar-refractivity contribution in [2.45, 2.75) is 50.0 Å². The van der Waals surface area contributed by atoms with Crippen molar-refractivity contribution < 1.29 is 4.52 Å². The summed E-state index contributed by atoms with van der Waals surface area (Å²) in [4.78, 5) is 4.53. The van der Waals surface area contributed by atoms with E-state index in [4.69, 9.17) is 4.52 Å². The molecule has 0 saturated heterocycles. The highest BCUT2D eigenvalue weighted by atomic mass is 16.5. The maximum atomic E-state index is 5.38. The van der Waals surface area contributed by atoms with Crippen LogP contribution in [0, 0.1) is 0 Å². The highest BCUT2D eigenvalue weighted by Gasteiger charge is 2.34. The zero-order chi connectivity index (χ0) is 10.3. The molecule has 15 heavy (non-hydrogen) atoms. The third-order valence-corrected chi connectivity index (χ3v) is 3.60. The van der Waals surface area contributed by atoms with Crippen LogP contribution in [0.5, 0.6) is 0 Å². The summed E-state index contributed by atoms with van der Waals surface area (Å²) in [5.74, 6) is 2.83. The Bertz CT molecular complexity index is 345. The predicted molar refractivity (Wildman–Crippen MR) is 55.7 cm³/mol. The van der Waals surface area contributed by atoms with Gasteiger partial charge in [0.1, 0.15) is 0 Å². The van der Waals surface area contributed by atoms with Gasteiger partial charge < -0.3 is 9.84 Å². The minimum atomic E-state index is 0.440. The lowest BCUT2D eigenvalue weighted by molar-refractivity contribution is 0.332. The van der Waals surface area contributed by atoms with E-state index in [1.165, 1.54) is 32.1 Å². The average Bonchev–Trinajstić information content (AvgIpc) is 2.83. The first-order chi connectivity index (χ1) is 7.38. The molecule has 2 atom stereocenters. The maximum absolute atomic E-state index is 5.38. The van der Waals surface area contributed by atoms with Gasteiger partial charge in [0.2, 0.25) is 5.89 Å². The van der Waals surface area contributed by atoms with E-state index in [1.54, 1.807) is 0 Å². The van der Waals surface area contributed by atoms with E-state index in [9.17, 15) is 0 Å². The minimum absolute atomic E-state index is 0.440. The van der Waals surface area contributed by atoms with Crippen molar-refractivity contribution in [3.63, 3.8) is 0 Å². The van der Waals surface area contributed by atoms with Gasteiger partial charge in [0, 0.05) is 12.0 Å². The number of hydrogen-bond donors (Lipinski definition) is 1. The summed E-state index contributed by atoms with van der Waals surface area (Å²) in [5, 5.41) is 7.42. The standard InChI is InChI=1S/C11H17N3O/c1-12-9-4-2-3-8(9)11-13-10(14-15-11)7-5-6-7/h7-9,12H,2-6H2,1H3/t8-,9+/m0/s1. The second-order valence-electron chi connectivity index (χ2n) is 4.70. The summed E-state index contributed by atoms with van der Waals surface area (Å²) in [6.45, 7) is 0. The zero-order valence-electron chi connectivity index (χ0n) is 9.07. The van der Waals surface area contributed by atoms with E-state index in [0.717, 1.165) is 11.7 Å². The molecular weight excluding hydrogens is 190 g/mol. The van der Waals surface area contributed by atoms with E-state index in [2.05, 4.69) is 15.5 Å². The van der Waals surface area contributed by atoms with Crippen LogP contribution in [0.1, 0.15) is 55.7 Å². The molecule has 2 aliphatic rings. The summed E-state index contributed by atoms with van der Waals surface area (Å²) in [6.07, 6.45) is 6.13. The molecule has 2 aliphatic carbocycles. The predicted octanol–water partition coefficient (Wildman–Crippen LogP) is 1.80. The molecule has 0 aromatic carbocycles. The van der Waals surface area contributed by atoms with E-state index < -0.39 is 0 Å². The van der Waals surface area contributed by atoms with Crippen LogP contribution in [-0.2, 0) is 0 Å². The summed E-state index contributed by atoms with van der Waals surface area (Å²) in [6, 6.07) is 0.525. The highest BCUT2D eigenvalue weighted by Crippen LogP contribution is 2.40. The molecular formula is C11H17N3O. The van der Waals surface area contributed by atoms with Crippen molar-refractivity contribution in [1.29, 1.82) is 0 Å². The molecule has 0 unspecified atom stereocenters. The normalized spacial score (nSPS) is 31.0. The number of aromatic nitrogens is 2. The van der Waals surface area contributed by atoms with Crippen LogP contribution in [0.25, 0.3) is 0 Å². The first-order valence-corrected chi connectivity index (χ1v) is 5.89. The third kappa shape index (κ3) is 1.67. The van der Waals surface area contributed by atoms with Gasteiger partial charge in [0.05, 0.1) is 5.92 Å². The molecule has 1 heterocycles. The van der Waals surface area contributed by atoms with Crippen molar-refractivity contribution in [2.24, 2.45) is 0 Å². The zero-order valence-corrected chi connectivity index (χ0v) is 9.07. The molecule has 1 aromatic heterocycles. The first kappa shape index (κ1) is 9.33. The van der Waals surface area contributed by atoms with Crippen LogP contribution in [0.15, 0.2) is 4.52 Å². The van der Waals surface area contributed by atoms with Gasteiger partial charge in [0.25, 0.3) is 0 Å². The Morgan fingerprint density at radius 3 is 2.87 bits per heavy atom. The molecule has 1 N–H and O–H groups in total. The van der Waals surface area contributed by atoms with Crippen molar-refractivity contribution in [1.82, 2.24) is 15.5 Å². The number of nitrogens with one attached hydrogen (secondary N) is 1. The van der Waals surface area contributed by atoms with Gasteiger partial charge in [-0.25, -0.2) is 0 Å². The molecule has 0 radical (unpaired) electrons. The molecule has 1 aromatic rings. The lowest BCUT2D eigenvalue weighted by atomic mass is 10.0. The summed E-state index contributed by atoms with van der Waals surface area (Å²) >= 11 is 0. The Morgan fingerprint density at radius 2 is 2.13 bits per heavy atom. The number of rotatable bonds is 3. The Balaban J connectivity index is 1.78. The fourth-order valence-electron chi connectivity index (χ4n) is 2.51. The van der Waals surface area contributed by atoms with Crippen LogP contribution in [-0.4, -0.2) is 23.2 Å². The van der Waals surface area contributed by atoms with Crippen LogP contribution in [0.3, 0.4) is 0 Å². The Morgan fingerprint density at radius 1 is 1.27 bits per heavy atom. The lowest BCUT2D eigenvalue weighted by Crippen LogP contribution is -2.27. The molecule has 0 spiro atoms. The van der Waals surface area contributed by atoms with Crippen molar-refractivity contribution in [3.8, 4) is 0 Å². The van der Waals surface area contributed by atoms with Crippen LogP contribution >= 0.6 is 0 Å². The first-order valence-electron chi connectivity index (χ1n) is 5.89. The molecule has 2 saturated carbocycles. The fourth-order valence-corrected chi connectivity index (χ4v) is 2.51. The van der Waals surface area contributed by atoms with Crippen molar-refractivity contribution in [2.75, 3.05) is 7.05 Å². The monoisotopic (exact) mass is 207 g/mol. The van der Waals surface area contributed by atoms with Gasteiger partial charge in [-0.05, 0) is 32.7 Å². The topological polar surface area (TPSA) is 51.0 Å². The van der Waals surface area contributed by atoms with Crippen LogP contribution in [0.2, 0.25) is 0 Å². The molecule has 4 nitrogen and oxygen atoms in total. The highest BCUT2D eigenvalue weighted by molar-refractivity contribution is 5.08. The number of nitrogens with zero attached hydrogens (tertiary/aromatic N) is 2. The molecule has 0 bridgehead atoms. The van der Waals surface area contributed by atoms with E-state index in [1.807, 2.05) is 7.05 Å². The second kappa shape index (κ2) is 3.59. The smallest absolute Gasteiger partial charge is 0.231 e.